The van der Waals surface area contributed by atoms with Crippen LogP contribution in [0.15, 0.2) is 53.5 Å². The third-order valence-electron chi connectivity index (χ3n) is 3.94. The van der Waals surface area contributed by atoms with E-state index >= 15 is 0 Å². The summed E-state index contributed by atoms with van der Waals surface area (Å²) in [5.41, 5.74) is 1.17. The first-order valence-corrected chi connectivity index (χ1v) is 9.06. The maximum Gasteiger partial charge on any atom is 0.242 e. The van der Waals surface area contributed by atoms with Crippen molar-refractivity contribution in [3.05, 3.63) is 54.3 Å². The molecule has 0 saturated carbocycles. The van der Waals surface area contributed by atoms with Gasteiger partial charge < -0.3 is 10.1 Å². The lowest BCUT2D eigenvalue weighted by Gasteiger charge is -2.09. The Balaban J connectivity index is 1.65. The molecular formula is C19H18FN3O3S. The molecule has 3 rings (SSSR count). The van der Waals surface area contributed by atoms with Crippen LogP contribution in [-0.4, -0.2) is 41.3 Å². The summed E-state index contributed by atoms with van der Waals surface area (Å²) in [7, 11) is 3.22. The predicted molar refractivity (Wildman–Crippen MR) is 104 cm³/mol. The number of amides is 2. The minimum absolute atomic E-state index is 0.00679. The third kappa shape index (κ3) is 4.65. The van der Waals surface area contributed by atoms with Crippen molar-refractivity contribution in [2.45, 2.75) is 11.7 Å². The van der Waals surface area contributed by atoms with Crippen molar-refractivity contribution in [2.24, 2.45) is 4.99 Å². The van der Waals surface area contributed by atoms with E-state index in [1.807, 2.05) is 0 Å². The van der Waals surface area contributed by atoms with Crippen molar-refractivity contribution in [3.63, 3.8) is 0 Å². The number of carbonyl (C=O) groups is 2. The number of rotatable bonds is 5. The summed E-state index contributed by atoms with van der Waals surface area (Å²) in [5.74, 6) is -0.151. The van der Waals surface area contributed by atoms with Gasteiger partial charge in [0, 0.05) is 19.2 Å². The number of halogens is 1. The van der Waals surface area contributed by atoms with Crippen LogP contribution in [0.4, 0.5) is 15.8 Å². The van der Waals surface area contributed by atoms with Crippen LogP contribution in [0.2, 0.25) is 0 Å². The van der Waals surface area contributed by atoms with Crippen LogP contribution in [0, 0.1) is 5.82 Å². The Morgan fingerprint density at radius 3 is 2.52 bits per heavy atom. The van der Waals surface area contributed by atoms with E-state index in [2.05, 4.69) is 10.3 Å². The quantitative estimate of drug-likeness (QED) is 0.853. The number of benzene rings is 2. The van der Waals surface area contributed by atoms with Crippen LogP contribution in [0.5, 0.6) is 5.75 Å². The van der Waals surface area contributed by atoms with Gasteiger partial charge in [-0.3, -0.25) is 14.5 Å². The van der Waals surface area contributed by atoms with Gasteiger partial charge in [0.25, 0.3) is 0 Å². The molecule has 1 aliphatic heterocycles. The van der Waals surface area contributed by atoms with Gasteiger partial charge >= 0.3 is 0 Å². The fraction of sp³-hybridized carbons (Fsp3) is 0.211. The molecule has 1 saturated heterocycles. The number of amidine groups is 1. The zero-order chi connectivity index (χ0) is 19.4. The first-order valence-electron chi connectivity index (χ1n) is 8.18. The molecular weight excluding hydrogens is 369 g/mol. The Labute approximate surface area is 160 Å². The second kappa shape index (κ2) is 8.22. The molecule has 0 radical (unpaired) electrons. The number of aliphatic imine (C=N–C) groups is 1. The molecule has 0 aromatic heterocycles. The molecule has 140 valence electrons. The van der Waals surface area contributed by atoms with Crippen molar-refractivity contribution < 1.29 is 18.7 Å². The fourth-order valence-electron chi connectivity index (χ4n) is 2.48. The molecule has 1 heterocycles. The molecule has 27 heavy (non-hydrogen) atoms. The monoisotopic (exact) mass is 387 g/mol. The molecule has 0 unspecified atom stereocenters. The zero-order valence-corrected chi connectivity index (χ0v) is 15.6. The van der Waals surface area contributed by atoms with E-state index in [0.717, 1.165) is 5.75 Å². The van der Waals surface area contributed by atoms with Crippen molar-refractivity contribution in [1.29, 1.82) is 0 Å². The van der Waals surface area contributed by atoms with Crippen LogP contribution in [0.1, 0.15) is 6.42 Å². The van der Waals surface area contributed by atoms with Crippen molar-refractivity contribution in [1.82, 2.24) is 4.90 Å². The van der Waals surface area contributed by atoms with E-state index in [1.54, 1.807) is 38.4 Å². The SMILES string of the molecule is COc1ccc(N=C2S[C@H](CC(=O)Nc3ccc(F)cc3)C(=O)N2C)cc1. The molecule has 2 aromatic carbocycles. The van der Waals surface area contributed by atoms with Crippen LogP contribution < -0.4 is 10.1 Å². The van der Waals surface area contributed by atoms with Gasteiger partial charge in [-0.15, -0.1) is 0 Å². The highest BCUT2D eigenvalue weighted by Crippen LogP contribution is 2.31. The number of hydrogen-bond donors (Lipinski definition) is 1. The van der Waals surface area contributed by atoms with Gasteiger partial charge in [-0.1, -0.05) is 11.8 Å². The summed E-state index contributed by atoms with van der Waals surface area (Å²) >= 11 is 1.25. The average molecular weight is 387 g/mol. The van der Waals surface area contributed by atoms with Gasteiger partial charge in [0.05, 0.1) is 12.8 Å². The molecule has 1 aliphatic rings. The van der Waals surface area contributed by atoms with Crippen molar-refractivity contribution >= 4 is 40.1 Å². The molecule has 2 aromatic rings. The third-order valence-corrected chi connectivity index (χ3v) is 5.17. The van der Waals surface area contributed by atoms with Gasteiger partial charge in [0.2, 0.25) is 11.8 Å². The zero-order valence-electron chi connectivity index (χ0n) is 14.8. The predicted octanol–water partition coefficient (Wildman–Crippen LogP) is 3.42. The number of ether oxygens (including phenoxy) is 1. The number of nitrogens with zero attached hydrogens (tertiary/aromatic N) is 2. The summed E-state index contributed by atoms with van der Waals surface area (Å²) in [5, 5.41) is 2.65. The minimum atomic E-state index is -0.549. The molecule has 6 nitrogen and oxygen atoms in total. The standard InChI is InChI=1S/C19H18FN3O3S/c1-23-18(25)16(11-17(24)21-13-5-3-12(20)4-6-13)27-19(23)22-14-7-9-15(26-2)10-8-14/h3-10,16H,11H2,1-2H3,(H,21,24)/t16-/m1/s1. The van der Waals surface area contributed by atoms with Gasteiger partial charge in [-0.25, -0.2) is 9.38 Å². The Bertz CT molecular complexity index is 869. The Hall–Kier alpha value is -2.87. The number of thioether (sulfide) groups is 1. The average Bonchev–Trinajstić information content (AvgIpc) is 2.92. The fourth-order valence-corrected chi connectivity index (χ4v) is 3.63. The Morgan fingerprint density at radius 2 is 1.89 bits per heavy atom. The number of nitrogens with one attached hydrogen (secondary N) is 1. The summed E-state index contributed by atoms with van der Waals surface area (Å²) in [6, 6.07) is 12.6. The van der Waals surface area contributed by atoms with E-state index in [1.165, 1.54) is 40.9 Å². The van der Waals surface area contributed by atoms with Gasteiger partial charge in [0.1, 0.15) is 16.8 Å². The number of anilines is 1. The highest BCUT2D eigenvalue weighted by molar-refractivity contribution is 8.15. The van der Waals surface area contributed by atoms with Crippen LogP contribution in [0.3, 0.4) is 0 Å². The summed E-state index contributed by atoms with van der Waals surface area (Å²) in [4.78, 5) is 30.5. The van der Waals surface area contributed by atoms with Crippen LogP contribution in [-0.2, 0) is 9.59 Å². The largest absolute Gasteiger partial charge is 0.497 e. The number of carbonyl (C=O) groups excluding carboxylic acids is 2. The van der Waals surface area contributed by atoms with E-state index < -0.39 is 5.25 Å². The number of methoxy groups -OCH3 is 1. The first-order chi connectivity index (χ1) is 13.0. The van der Waals surface area contributed by atoms with Crippen LogP contribution in [0.25, 0.3) is 0 Å². The Morgan fingerprint density at radius 1 is 1.22 bits per heavy atom. The Kier molecular flexibility index (Phi) is 5.75. The lowest BCUT2D eigenvalue weighted by Crippen LogP contribution is -2.30. The maximum absolute atomic E-state index is 12.9. The van der Waals surface area contributed by atoms with E-state index in [9.17, 15) is 14.0 Å². The van der Waals surface area contributed by atoms with Gasteiger partial charge in [-0.05, 0) is 48.5 Å². The molecule has 0 aliphatic carbocycles. The molecule has 1 N–H and O–H groups in total. The minimum Gasteiger partial charge on any atom is -0.497 e. The highest BCUT2D eigenvalue weighted by atomic mass is 32.2. The highest BCUT2D eigenvalue weighted by Gasteiger charge is 2.36. The second-order valence-electron chi connectivity index (χ2n) is 5.86. The van der Waals surface area contributed by atoms with Crippen LogP contribution >= 0.6 is 11.8 Å². The normalized spacial score (nSPS) is 18.0. The van der Waals surface area contributed by atoms with E-state index in [0.29, 0.717) is 16.5 Å². The smallest absolute Gasteiger partial charge is 0.242 e. The summed E-state index contributed by atoms with van der Waals surface area (Å²) in [6.45, 7) is 0. The molecule has 2 amide bonds. The maximum atomic E-state index is 12.9. The van der Waals surface area contributed by atoms with Gasteiger partial charge in [0.15, 0.2) is 5.17 Å². The molecule has 1 fully saturated rings. The molecule has 1 atom stereocenters. The summed E-state index contributed by atoms with van der Waals surface area (Å²) in [6.07, 6.45) is 0.00679. The lowest BCUT2D eigenvalue weighted by molar-refractivity contribution is -0.127. The van der Waals surface area contributed by atoms with Crippen molar-refractivity contribution in [2.75, 3.05) is 19.5 Å². The molecule has 0 spiro atoms. The number of hydrogen-bond acceptors (Lipinski definition) is 5. The van der Waals surface area contributed by atoms with E-state index in [-0.39, 0.29) is 24.1 Å². The molecule has 8 heteroatoms. The van der Waals surface area contributed by atoms with Crippen molar-refractivity contribution in [3.8, 4) is 5.75 Å². The lowest BCUT2D eigenvalue weighted by atomic mass is 10.2. The topological polar surface area (TPSA) is 71.0 Å². The molecule has 0 bridgehead atoms. The van der Waals surface area contributed by atoms with E-state index in [4.69, 9.17) is 4.74 Å². The second-order valence-corrected chi connectivity index (χ2v) is 7.03. The van der Waals surface area contributed by atoms with Gasteiger partial charge in [-0.2, -0.15) is 0 Å². The first kappa shape index (κ1) is 18.9. The summed E-state index contributed by atoms with van der Waals surface area (Å²) < 4.78 is 18.0.